The number of carbonyl (C=O) groups is 1. The fourth-order valence-corrected chi connectivity index (χ4v) is 4.59. The highest BCUT2D eigenvalue weighted by molar-refractivity contribution is 7.09. The number of aromatic nitrogens is 1. The van der Waals surface area contributed by atoms with Crippen molar-refractivity contribution in [3.05, 3.63) is 96.6 Å². The van der Waals surface area contributed by atoms with Crippen molar-refractivity contribution < 1.29 is 9.90 Å². The molecule has 0 saturated heterocycles. The standard InChI is InChI=1S/C23H20N2O3S2/c26-21(19-9-11-29-14-19)24-10-8-15-2-1-3-18(12-15)17-6-4-16(5-7-17)13-20-22(27)25-23(28)30-20/h1-7,9,11-12,14,27H,8,10,13H2,(H,24,26)(H,25,28). The second kappa shape index (κ2) is 9.11. The molecule has 0 aliphatic heterocycles. The first-order valence-electron chi connectivity index (χ1n) is 9.48. The van der Waals surface area contributed by atoms with Crippen LogP contribution in [-0.4, -0.2) is 22.5 Å². The third-order valence-electron chi connectivity index (χ3n) is 4.76. The Balaban J connectivity index is 1.38. The Kier molecular flexibility index (Phi) is 6.11. The molecule has 2 aromatic heterocycles. The average Bonchev–Trinajstić information content (AvgIpc) is 3.39. The molecule has 0 spiro atoms. The molecule has 4 aromatic rings. The van der Waals surface area contributed by atoms with Crippen LogP contribution in [0.3, 0.4) is 0 Å². The maximum absolute atomic E-state index is 12.0. The number of rotatable bonds is 7. The van der Waals surface area contributed by atoms with Crippen LogP contribution in [0, 0.1) is 0 Å². The molecule has 5 nitrogen and oxygen atoms in total. The van der Waals surface area contributed by atoms with E-state index in [0.717, 1.165) is 40.0 Å². The molecule has 1 amide bonds. The van der Waals surface area contributed by atoms with Crippen molar-refractivity contribution in [1.29, 1.82) is 0 Å². The monoisotopic (exact) mass is 436 g/mol. The first-order chi connectivity index (χ1) is 14.6. The SMILES string of the molecule is O=C(NCCc1cccc(-c2ccc(Cc3sc(=O)[nH]c3O)cc2)c1)c1ccsc1. The van der Waals surface area contributed by atoms with E-state index in [1.807, 2.05) is 47.2 Å². The summed E-state index contributed by atoms with van der Waals surface area (Å²) in [6.07, 6.45) is 1.27. The Morgan fingerprint density at radius 1 is 1.03 bits per heavy atom. The number of thiazole rings is 1. The van der Waals surface area contributed by atoms with Crippen molar-refractivity contribution in [3.8, 4) is 17.0 Å². The second-order valence-electron chi connectivity index (χ2n) is 6.88. The number of carbonyl (C=O) groups excluding carboxylic acids is 1. The highest BCUT2D eigenvalue weighted by Gasteiger charge is 2.08. The van der Waals surface area contributed by atoms with E-state index >= 15 is 0 Å². The summed E-state index contributed by atoms with van der Waals surface area (Å²) in [5.74, 6) is -0.0886. The normalized spacial score (nSPS) is 10.8. The number of hydrogen-bond donors (Lipinski definition) is 3. The van der Waals surface area contributed by atoms with Gasteiger partial charge in [-0.05, 0) is 40.1 Å². The number of aromatic hydroxyl groups is 1. The van der Waals surface area contributed by atoms with Gasteiger partial charge in [-0.3, -0.25) is 14.6 Å². The molecule has 30 heavy (non-hydrogen) atoms. The summed E-state index contributed by atoms with van der Waals surface area (Å²) >= 11 is 2.54. The van der Waals surface area contributed by atoms with E-state index in [1.165, 1.54) is 11.3 Å². The second-order valence-corrected chi connectivity index (χ2v) is 8.73. The molecule has 0 bridgehead atoms. The molecule has 0 atom stereocenters. The lowest BCUT2D eigenvalue weighted by Crippen LogP contribution is -2.25. The van der Waals surface area contributed by atoms with Gasteiger partial charge < -0.3 is 10.4 Å². The molecule has 4 rings (SSSR count). The van der Waals surface area contributed by atoms with Crippen molar-refractivity contribution in [2.24, 2.45) is 0 Å². The zero-order chi connectivity index (χ0) is 20.9. The van der Waals surface area contributed by atoms with Crippen molar-refractivity contribution in [1.82, 2.24) is 10.3 Å². The maximum Gasteiger partial charge on any atom is 0.307 e. The topological polar surface area (TPSA) is 82.2 Å². The van der Waals surface area contributed by atoms with Crippen LogP contribution in [0.15, 0.2) is 70.2 Å². The number of amides is 1. The first-order valence-corrected chi connectivity index (χ1v) is 11.2. The lowest BCUT2D eigenvalue weighted by atomic mass is 10.00. The van der Waals surface area contributed by atoms with E-state index in [4.69, 9.17) is 0 Å². The largest absolute Gasteiger partial charge is 0.494 e. The number of H-pyrrole nitrogens is 1. The van der Waals surface area contributed by atoms with Crippen LogP contribution in [0.2, 0.25) is 0 Å². The van der Waals surface area contributed by atoms with E-state index in [9.17, 15) is 14.7 Å². The zero-order valence-corrected chi connectivity index (χ0v) is 17.7. The Morgan fingerprint density at radius 3 is 2.57 bits per heavy atom. The van der Waals surface area contributed by atoms with E-state index in [-0.39, 0.29) is 16.7 Å². The van der Waals surface area contributed by atoms with Gasteiger partial charge in [-0.15, -0.1) is 0 Å². The molecule has 2 aromatic carbocycles. The Labute approximate surface area is 181 Å². The zero-order valence-electron chi connectivity index (χ0n) is 16.1. The molecular formula is C23H20N2O3S2. The summed E-state index contributed by atoms with van der Waals surface area (Å²) in [7, 11) is 0. The van der Waals surface area contributed by atoms with Crippen molar-refractivity contribution >= 4 is 28.6 Å². The summed E-state index contributed by atoms with van der Waals surface area (Å²) < 4.78 is 0. The van der Waals surface area contributed by atoms with Crippen LogP contribution in [0.5, 0.6) is 5.88 Å². The summed E-state index contributed by atoms with van der Waals surface area (Å²) in [5, 5.41) is 16.4. The van der Waals surface area contributed by atoms with Crippen molar-refractivity contribution in [2.45, 2.75) is 12.8 Å². The van der Waals surface area contributed by atoms with Crippen molar-refractivity contribution in [3.63, 3.8) is 0 Å². The molecular weight excluding hydrogens is 416 g/mol. The minimum Gasteiger partial charge on any atom is -0.494 e. The summed E-state index contributed by atoms with van der Waals surface area (Å²) in [6, 6.07) is 18.2. The predicted octanol–water partition coefficient (Wildman–Crippen LogP) is 4.43. The fourth-order valence-electron chi connectivity index (χ4n) is 3.19. The first kappa shape index (κ1) is 20.1. The van der Waals surface area contributed by atoms with E-state index < -0.39 is 0 Å². The summed E-state index contributed by atoms with van der Waals surface area (Å²) in [6.45, 7) is 0.583. The van der Waals surface area contributed by atoms with Crippen LogP contribution >= 0.6 is 22.7 Å². The molecule has 0 aliphatic carbocycles. The van der Waals surface area contributed by atoms with Crippen LogP contribution in [0.4, 0.5) is 0 Å². The van der Waals surface area contributed by atoms with Crippen LogP contribution in [0.1, 0.15) is 26.4 Å². The summed E-state index contributed by atoms with van der Waals surface area (Å²) in [5.41, 5.74) is 5.08. The minimum absolute atomic E-state index is 0.0403. The Morgan fingerprint density at radius 2 is 1.87 bits per heavy atom. The third kappa shape index (κ3) is 4.87. The fraction of sp³-hybridized carbons (Fsp3) is 0.130. The molecule has 7 heteroatoms. The highest BCUT2D eigenvalue weighted by Crippen LogP contribution is 2.24. The van der Waals surface area contributed by atoms with Gasteiger partial charge in [-0.1, -0.05) is 59.9 Å². The van der Waals surface area contributed by atoms with E-state index in [2.05, 4.69) is 28.5 Å². The number of thiophene rings is 1. The van der Waals surface area contributed by atoms with Gasteiger partial charge >= 0.3 is 4.87 Å². The van der Waals surface area contributed by atoms with Crippen LogP contribution < -0.4 is 10.2 Å². The van der Waals surface area contributed by atoms with Crippen molar-refractivity contribution in [2.75, 3.05) is 6.54 Å². The Hall–Kier alpha value is -3.16. The lowest BCUT2D eigenvalue weighted by molar-refractivity contribution is 0.0954. The molecule has 152 valence electrons. The molecule has 0 saturated carbocycles. The van der Waals surface area contributed by atoms with Gasteiger partial charge in [0.25, 0.3) is 5.91 Å². The third-order valence-corrected chi connectivity index (χ3v) is 6.32. The van der Waals surface area contributed by atoms with Gasteiger partial charge in [0, 0.05) is 23.9 Å². The maximum atomic E-state index is 12.0. The molecule has 0 unspecified atom stereocenters. The molecule has 3 N–H and O–H groups in total. The van der Waals surface area contributed by atoms with Gasteiger partial charge in [0.15, 0.2) is 0 Å². The number of nitrogens with one attached hydrogen (secondary N) is 2. The Bertz CT molecular complexity index is 1190. The van der Waals surface area contributed by atoms with Crippen LogP contribution in [0.25, 0.3) is 11.1 Å². The highest BCUT2D eigenvalue weighted by atomic mass is 32.1. The smallest absolute Gasteiger partial charge is 0.307 e. The summed E-state index contributed by atoms with van der Waals surface area (Å²) in [4.78, 5) is 26.1. The van der Waals surface area contributed by atoms with Gasteiger partial charge in [-0.25, -0.2) is 0 Å². The van der Waals surface area contributed by atoms with E-state index in [1.54, 1.807) is 0 Å². The molecule has 2 heterocycles. The molecule has 0 aliphatic rings. The number of aromatic amines is 1. The van der Waals surface area contributed by atoms with Gasteiger partial charge in [-0.2, -0.15) is 11.3 Å². The van der Waals surface area contributed by atoms with Gasteiger partial charge in [0.1, 0.15) is 0 Å². The number of benzene rings is 2. The molecule has 0 radical (unpaired) electrons. The number of hydrogen-bond acceptors (Lipinski definition) is 5. The minimum atomic E-state index is -0.248. The lowest BCUT2D eigenvalue weighted by Gasteiger charge is -2.08. The predicted molar refractivity (Wildman–Crippen MR) is 122 cm³/mol. The quantitative estimate of drug-likeness (QED) is 0.401. The molecule has 0 fully saturated rings. The van der Waals surface area contributed by atoms with E-state index in [0.29, 0.717) is 23.4 Å². The van der Waals surface area contributed by atoms with Gasteiger partial charge in [0.2, 0.25) is 5.88 Å². The van der Waals surface area contributed by atoms with Gasteiger partial charge in [0.05, 0.1) is 4.88 Å². The average molecular weight is 437 g/mol. The van der Waals surface area contributed by atoms with Crippen LogP contribution in [-0.2, 0) is 12.8 Å².